The number of amides is 1. The number of nitrogens with one attached hydrogen (secondary N) is 1. The summed E-state index contributed by atoms with van der Waals surface area (Å²) in [5.41, 5.74) is 0.202. The molecule has 138 valence electrons. The van der Waals surface area contributed by atoms with Gasteiger partial charge in [-0.15, -0.1) is 0 Å². The predicted molar refractivity (Wildman–Crippen MR) is 94.8 cm³/mol. The molecular weight excluding hydrogens is 344 g/mol. The molecule has 1 heterocycles. The number of hydrogen-bond donors (Lipinski definition) is 1. The third kappa shape index (κ3) is 5.74. The fourth-order valence-corrected chi connectivity index (χ4v) is 3.35. The minimum absolute atomic E-state index is 0.0726. The van der Waals surface area contributed by atoms with Crippen molar-refractivity contribution < 1.29 is 22.7 Å². The van der Waals surface area contributed by atoms with Gasteiger partial charge < -0.3 is 9.64 Å². The summed E-state index contributed by atoms with van der Waals surface area (Å²) in [6.45, 7) is 2.89. The van der Waals surface area contributed by atoms with Crippen molar-refractivity contribution in [2.24, 2.45) is 0 Å². The molecule has 1 aromatic carbocycles. The average molecular weight is 368 g/mol. The van der Waals surface area contributed by atoms with Gasteiger partial charge in [-0.1, -0.05) is 25.0 Å². The normalized spacial score (nSPS) is 16.6. The van der Waals surface area contributed by atoms with E-state index in [9.17, 15) is 18.0 Å². The zero-order valence-electron chi connectivity index (χ0n) is 14.5. The van der Waals surface area contributed by atoms with Gasteiger partial charge >= 0.3 is 5.97 Å². The van der Waals surface area contributed by atoms with E-state index in [1.807, 2.05) is 0 Å². The Morgan fingerprint density at radius 1 is 1.12 bits per heavy atom. The maximum Gasteiger partial charge on any atom is 0.341 e. The number of rotatable bonds is 5. The molecule has 0 radical (unpaired) electrons. The van der Waals surface area contributed by atoms with Crippen LogP contribution in [0.25, 0.3) is 0 Å². The van der Waals surface area contributed by atoms with Gasteiger partial charge in [0.1, 0.15) is 0 Å². The van der Waals surface area contributed by atoms with Gasteiger partial charge in [0.25, 0.3) is 5.91 Å². The minimum Gasteiger partial charge on any atom is -0.449 e. The molecular formula is C17H24N2O5S. The van der Waals surface area contributed by atoms with Crippen molar-refractivity contribution in [3.8, 4) is 0 Å². The number of esters is 1. The summed E-state index contributed by atoms with van der Waals surface area (Å²) in [4.78, 5) is 26.6. The summed E-state index contributed by atoms with van der Waals surface area (Å²) in [7, 11) is -3.53. The van der Waals surface area contributed by atoms with Gasteiger partial charge in [0.05, 0.1) is 17.5 Å². The first-order valence-corrected chi connectivity index (χ1v) is 10.2. The highest BCUT2D eigenvalue weighted by Gasteiger charge is 2.26. The van der Waals surface area contributed by atoms with Crippen molar-refractivity contribution >= 4 is 27.6 Å². The molecule has 0 saturated carbocycles. The van der Waals surface area contributed by atoms with E-state index in [1.54, 1.807) is 17.0 Å². The topological polar surface area (TPSA) is 92.8 Å². The first-order valence-electron chi connectivity index (χ1n) is 8.34. The van der Waals surface area contributed by atoms with Gasteiger partial charge in [-0.2, -0.15) is 0 Å². The number of benzene rings is 1. The second kappa shape index (κ2) is 8.33. The number of anilines is 1. The molecule has 2 rings (SSSR count). The number of carbonyl (C=O) groups is 2. The lowest BCUT2D eigenvalue weighted by Crippen LogP contribution is -2.40. The summed E-state index contributed by atoms with van der Waals surface area (Å²) in [5, 5.41) is 0. The van der Waals surface area contributed by atoms with Gasteiger partial charge in [-0.05, 0) is 31.9 Å². The van der Waals surface area contributed by atoms with Crippen molar-refractivity contribution in [1.82, 2.24) is 4.90 Å². The van der Waals surface area contributed by atoms with Gasteiger partial charge in [0, 0.05) is 13.1 Å². The zero-order chi connectivity index (χ0) is 18.4. The minimum atomic E-state index is -3.53. The van der Waals surface area contributed by atoms with Crippen molar-refractivity contribution in [2.75, 3.05) is 24.1 Å². The van der Waals surface area contributed by atoms with Crippen LogP contribution in [0.5, 0.6) is 0 Å². The van der Waals surface area contributed by atoms with Crippen LogP contribution in [0.4, 0.5) is 5.69 Å². The summed E-state index contributed by atoms with van der Waals surface area (Å²) >= 11 is 0. The Hall–Kier alpha value is -2.09. The standard InChI is InChI=1S/C17H24N2O5S/c1-13(16(20)19-11-7-3-4-8-12-19)24-17(21)14-9-5-6-10-15(14)18-25(2,22)23/h5-6,9-10,13,18H,3-4,7-8,11-12H2,1-2H3/t13-/m1/s1. The van der Waals surface area contributed by atoms with Crippen molar-refractivity contribution in [3.63, 3.8) is 0 Å². The highest BCUT2D eigenvalue weighted by molar-refractivity contribution is 7.92. The number of carbonyl (C=O) groups excluding carboxylic acids is 2. The molecule has 1 aliphatic rings. The van der Waals surface area contributed by atoms with Gasteiger partial charge in [-0.25, -0.2) is 13.2 Å². The Morgan fingerprint density at radius 3 is 2.32 bits per heavy atom. The van der Waals surface area contributed by atoms with Gasteiger partial charge in [0.15, 0.2) is 6.10 Å². The molecule has 1 amide bonds. The van der Waals surface area contributed by atoms with Crippen LogP contribution in [0, 0.1) is 0 Å². The largest absolute Gasteiger partial charge is 0.449 e. The van der Waals surface area contributed by atoms with E-state index >= 15 is 0 Å². The molecule has 0 aliphatic carbocycles. The molecule has 0 unspecified atom stereocenters. The van der Waals surface area contributed by atoms with Crippen molar-refractivity contribution in [2.45, 2.75) is 38.7 Å². The Morgan fingerprint density at radius 2 is 1.72 bits per heavy atom. The second-order valence-electron chi connectivity index (χ2n) is 6.21. The summed E-state index contributed by atoms with van der Waals surface area (Å²) < 4.78 is 30.4. The Bertz CT molecular complexity index is 724. The molecule has 1 aromatic rings. The van der Waals surface area contributed by atoms with Crippen LogP contribution in [0.2, 0.25) is 0 Å². The summed E-state index contributed by atoms with van der Waals surface area (Å²) in [6.07, 6.45) is 4.18. The molecule has 7 nitrogen and oxygen atoms in total. The van der Waals surface area contributed by atoms with Gasteiger partial charge in [-0.3, -0.25) is 9.52 Å². The molecule has 0 spiro atoms. The van der Waals surface area contributed by atoms with E-state index in [4.69, 9.17) is 4.74 Å². The van der Waals surface area contributed by atoms with Crippen molar-refractivity contribution in [3.05, 3.63) is 29.8 Å². The van der Waals surface area contributed by atoms with E-state index in [2.05, 4.69) is 4.72 Å². The van der Waals surface area contributed by atoms with Crippen LogP contribution >= 0.6 is 0 Å². The lowest BCUT2D eigenvalue weighted by Gasteiger charge is -2.24. The SMILES string of the molecule is C[C@@H](OC(=O)c1ccccc1NS(C)(=O)=O)C(=O)N1CCCCCC1. The van der Waals surface area contributed by atoms with Crippen molar-refractivity contribution in [1.29, 1.82) is 0 Å². The molecule has 1 aliphatic heterocycles. The fourth-order valence-electron chi connectivity index (χ4n) is 2.77. The van der Waals surface area contributed by atoms with E-state index in [1.165, 1.54) is 19.1 Å². The summed E-state index contributed by atoms with van der Waals surface area (Å²) in [5.74, 6) is -0.953. The number of nitrogens with zero attached hydrogens (tertiary/aromatic N) is 1. The highest BCUT2D eigenvalue weighted by atomic mass is 32.2. The smallest absolute Gasteiger partial charge is 0.341 e. The highest BCUT2D eigenvalue weighted by Crippen LogP contribution is 2.19. The van der Waals surface area contributed by atoms with Crippen LogP contribution in [0.1, 0.15) is 43.0 Å². The third-order valence-corrected chi connectivity index (χ3v) is 4.58. The monoisotopic (exact) mass is 368 g/mol. The van der Waals surface area contributed by atoms with Crippen LogP contribution in [0.15, 0.2) is 24.3 Å². The van der Waals surface area contributed by atoms with E-state index in [-0.39, 0.29) is 17.2 Å². The number of likely N-dealkylation sites (tertiary alicyclic amines) is 1. The maximum absolute atomic E-state index is 12.5. The Balaban J connectivity index is 2.07. The van der Waals surface area contributed by atoms with Crippen LogP contribution in [-0.2, 0) is 19.6 Å². The molecule has 1 saturated heterocycles. The Labute approximate surface area is 148 Å². The lowest BCUT2D eigenvalue weighted by atomic mass is 10.2. The summed E-state index contributed by atoms with van der Waals surface area (Å²) in [6, 6.07) is 6.14. The predicted octanol–water partition coefficient (Wildman–Crippen LogP) is 2.01. The van der Waals surface area contributed by atoms with Crippen LogP contribution < -0.4 is 4.72 Å². The number of ether oxygens (including phenoxy) is 1. The second-order valence-corrected chi connectivity index (χ2v) is 7.96. The van der Waals surface area contributed by atoms with Crippen LogP contribution in [0.3, 0.4) is 0 Å². The molecule has 25 heavy (non-hydrogen) atoms. The van der Waals surface area contributed by atoms with E-state index in [0.717, 1.165) is 31.9 Å². The third-order valence-electron chi connectivity index (χ3n) is 3.99. The average Bonchev–Trinajstić information content (AvgIpc) is 2.82. The van der Waals surface area contributed by atoms with E-state index < -0.39 is 22.1 Å². The maximum atomic E-state index is 12.5. The zero-order valence-corrected chi connectivity index (χ0v) is 15.3. The number of sulfonamides is 1. The quantitative estimate of drug-likeness (QED) is 0.803. The van der Waals surface area contributed by atoms with E-state index in [0.29, 0.717) is 13.1 Å². The molecule has 1 atom stereocenters. The van der Waals surface area contributed by atoms with Crippen LogP contribution in [-0.4, -0.2) is 50.6 Å². The molecule has 0 aromatic heterocycles. The number of hydrogen-bond acceptors (Lipinski definition) is 5. The molecule has 8 heteroatoms. The van der Waals surface area contributed by atoms with Gasteiger partial charge in [0.2, 0.25) is 10.0 Å². The molecule has 1 N–H and O–H groups in total. The number of para-hydroxylation sites is 1. The lowest BCUT2D eigenvalue weighted by molar-refractivity contribution is -0.139. The first-order chi connectivity index (χ1) is 11.8. The molecule has 0 bridgehead atoms. The fraction of sp³-hybridized carbons (Fsp3) is 0.529. The molecule has 1 fully saturated rings. The Kier molecular flexibility index (Phi) is 6.41. The first kappa shape index (κ1) is 19.2.